The first-order valence-corrected chi connectivity index (χ1v) is 5.42. The van der Waals surface area contributed by atoms with E-state index in [1.54, 1.807) is 0 Å². The summed E-state index contributed by atoms with van der Waals surface area (Å²) >= 11 is 0. The quantitative estimate of drug-likeness (QED) is 0.443. The maximum Gasteiger partial charge on any atom is 0.215 e. The van der Waals surface area contributed by atoms with Crippen LogP contribution in [-0.4, -0.2) is 17.5 Å². The van der Waals surface area contributed by atoms with Crippen molar-refractivity contribution in [3.63, 3.8) is 0 Å². The number of pyridine rings is 1. The minimum absolute atomic E-state index is 1.13. The Hall–Kier alpha value is -0.980. The van der Waals surface area contributed by atoms with Crippen molar-refractivity contribution in [1.29, 1.82) is 0 Å². The molecule has 1 N–H and O–H groups in total. The van der Waals surface area contributed by atoms with Crippen LogP contribution in [0.1, 0.15) is 13.3 Å². The van der Waals surface area contributed by atoms with Gasteiger partial charge in [-0.25, -0.2) is 13.0 Å². The van der Waals surface area contributed by atoms with Gasteiger partial charge in [0.1, 0.15) is 6.54 Å². The summed E-state index contributed by atoms with van der Waals surface area (Å²) in [5.74, 6) is 0. The Balaban J connectivity index is 0.000000292. The van der Waals surface area contributed by atoms with Gasteiger partial charge in [-0.2, -0.15) is 0 Å². The fourth-order valence-corrected chi connectivity index (χ4v) is 0.842. The summed E-state index contributed by atoms with van der Waals surface area (Å²) in [4.78, 5) is 0. The van der Waals surface area contributed by atoms with Gasteiger partial charge in [0.05, 0.1) is 0 Å². The van der Waals surface area contributed by atoms with E-state index in [0.29, 0.717) is 0 Å². The number of aryl methyl sites for hydroxylation is 1. The van der Waals surface area contributed by atoms with Crippen molar-refractivity contribution in [1.82, 2.24) is 0 Å². The van der Waals surface area contributed by atoms with E-state index in [0.717, 1.165) is 6.54 Å². The lowest BCUT2D eigenvalue weighted by molar-refractivity contribution is -0.697. The molecule has 0 aliphatic heterocycles. The van der Waals surface area contributed by atoms with Gasteiger partial charge in [-0.1, -0.05) is 13.0 Å². The first-order chi connectivity index (χ1) is 6.43. The summed E-state index contributed by atoms with van der Waals surface area (Å²) in [7, 11) is -4.92. The van der Waals surface area contributed by atoms with E-state index in [1.807, 2.05) is 6.07 Å². The molecule has 0 amide bonds. The van der Waals surface area contributed by atoms with Gasteiger partial charge in [-0.05, 0) is 0 Å². The zero-order chi connectivity index (χ0) is 11.0. The van der Waals surface area contributed by atoms with Crippen molar-refractivity contribution in [3.05, 3.63) is 30.6 Å². The van der Waals surface area contributed by atoms with E-state index in [2.05, 4.69) is 36.0 Å². The van der Waals surface area contributed by atoms with Gasteiger partial charge in [0.15, 0.2) is 12.4 Å². The van der Waals surface area contributed by atoms with Gasteiger partial charge in [0.25, 0.3) is 0 Å². The Bertz CT molecular complexity index is 328. The second kappa shape index (κ2) is 6.47. The monoisotopic (exact) mass is 219 g/mol. The van der Waals surface area contributed by atoms with Gasteiger partial charge in [0, 0.05) is 18.6 Å². The standard InChI is InChI=1S/C8H12N.H2O4S/c1-2-6-9-7-4-3-5-8-9;1-5(2,3)4/h3-5,7-8H,2,6H2,1H3;(H2,1,2,3,4)/q+1;/p-1. The van der Waals surface area contributed by atoms with Crippen LogP contribution in [0, 0.1) is 0 Å². The Labute approximate surface area is 83.6 Å². The SMILES string of the molecule is CCC[n+]1ccccc1.O=S(=O)([O-])O. The summed E-state index contributed by atoms with van der Waals surface area (Å²) in [6.07, 6.45) is 5.38. The van der Waals surface area contributed by atoms with E-state index in [1.165, 1.54) is 6.42 Å². The van der Waals surface area contributed by atoms with Crippen molar-refractivity contribution in [2.24, 2.45) is 0 Å². The molecule has 0 radical (unpaired) electrons. The second-order valence-corrected chi connectivity index (χ2v) is 3.40. The third-order valence-corrected chi connectivity index (χ3v) is 1.26. The normalized spacial score (nSPS) is 10.2. The first kappa shape index (κ1) is 13.0. The molecule has 1 rings (SSSR count). The molecule has 0 aromatic carbocycles. The fraction of sp³-hybridized carbons (Fsp3) is 0.375. The number of rotatable bonds is 2. The highest BCUT2D eigenvalue weighted by Gasteiger charge is 1.90. The molecule has 0 atom stereocenters. The summed E-state index contributed by atoms with van der Waals surface area (Å²) in [5.41, 5.74) is 0. The summed E-state index contributed by atoms with van der Waals surface area (Å²) in [5, 5.41) is 0. The number of aromatic nitrogens is 1. The van der Waals surface area contributed by atoms with Crippen LogP contribution in [0.25, 0.3) is 0 Å². The lowest BCUT2D eigenvalue weighted by Gasteiger charge is -1.88. The topological polar surface area (TPSA) is 81.3 Å². The molecule has 0 bridgehead atoms. The van der Waals surface area contributed by atoms with Gasteiger partial charge in [-0.3, -0.25) is 4.55 Å². The van der Waals surface area contributed by atoms with Crippen LogP contribution in [-0.2, 0) is 16.9 Å². The van der Waals surface area contributed by atoms with Gasteiger partial charge < -0.3 is 4.55 Å². The average Bonchev–Trinajstić information content (AvgIpc) is 2.03. The number of nitrogens with zero attached hydrogens (tertiary/aromatic N) is 1. The Morgan fingerprint density at radius 1 is 1.29 bits per heavy atom. The van der Waals surface area contributed by atoms with Crippen LogP contribution in [0.4, 0.5) is 0 Å². The third kappa shape index (κ3) is 11.0. The van der Waals surface area contributed by atoms with Crippen LogP contribution >= 0.6 is 0 Å². The molecule has 0 fully saturated rings. The molecule has 0 spiro atoms. The van der Waals surface area contributed by atoms with Gasteiger partial charge in [-0.15, -0.1) is 0 Å². The van der Waals surface area contributed by atoms with Crippen LogP contribution in [0.3, 0.4) is 0 Å². The van der Waals surface area contributed by atoms with E-state index in [-0.39, 0.29) is 0 Å². The Kier molecular flexibility index (Phi) is 6.02. The molecule has 0 aliphatic carbocycles. The number of hydrogen-bond acceptors (Lipinski definition) is 3. The molecule has 0 unspecified atom stereocenters. The molecule has 80 valence electrons. The Morgan fingerprint density at radius 2 is 1.71 bits per heavy atom. The van der Waals surface area contributed by atoms with Crippen LogP contribution < -0.4 is 4.57 Å². The minimum atomic E-state index is -4.92. The van der Waals surface area contributed by atoms with E-state index in [4.69, 9.17) is 17.5 Å². The van der Waals surface area contributed by atoms with E-state index < -0.39 is 10.4 Å². The largest absolute Gasteiger partial charge is 0.726 e. The summed E-state index contributed by atoms with van der Waals surface area (Å²) in [6.45, 7) is 3.31. The summed E-state index contributed by atoms with van der Waals surface area (Å²) in [6, 6.07) is 6.14. The molecule has 5 nitrogen and oxygen atoms in total. The predicted octanol–water partition coefficient (Wildman–Crippen LogP) is 0.389. The lowest BCUT2D eigenvalue weighted by Crippen LogP contribution is -2.31. The molecule has 1 aromatic heterocycles. The first-order valence-electron chi connectivity index (χ1n) is 4.06. The van der Waals surface area contributed by atoms with E-state index >= 15 is 0 Å². The van der Waals surface area contributed by atoms with Gasteiger partial charge in [0.2, 0.25) is 10.4 Å². The average molecular weight is 219 g/mol. The predicted molar refractivity (Wildman–Crippen MR) is 49.3 cm³/mol. The van der Waals surface area contributed by atoms with Crippen molar-refractivity contribution in [2.45, 2.75) is 19.9 Å². The highest BCUT2D eigenvalue weighted by Crippen LogP contribution is 1.78. The zero-order valence-electron chi connectivity index (χ0n) is 7.83. The second-order valence-electron chi connectivity index (χ2n) is 2.54. The van der Waals surface area contributed by atoms with Crippen LogP contribution in [0.5, 0.6) is 0 Å². The molecule has 14 heavy (non-hydrogen) atoms. The van der Waals surface area contributed by atoms with Crippen LogP contribution in [0.2, 0.25) is 0 Å². The van der Waals surface area contributed by atoms with Crippen molar-refractivity contribution in [3.8, 4) is 0 Å². The zero-order valence-corrected chi connectivity index (χ0v) is 8.64. The third-order valence-electron chi connectivity index (χ3n) is 1.26. The highest BCUT2D eigenvalue weighted by atomic mass is 32.3. The maximum atomic E-state index is 8.63. The molecule has 0 aliphatic rings. The fourth-order valence-electron chi connectivity index (χ4n) is 0.842. The lowest BCUT2D eigenvalue weighted by atomic mass is 10.4. The van der Waals surface area contributed by atoms with Crippen molar-refractivity contribution >= 4 is 10.4 Å². The maximum absolute atomic E-state index is 8.63. The van der Waals surface area contributed by atoms with Crippen LogP contribution in [0.15, 0.2) is 30.6 Å². The van der Waals surface area contributed by atoms with Gasteiger partial charge >= 0.3 is 0 Å². The molecular weight excluding hydrogens is 206 g/mol. The smallest absolute Gasteiger partial charge is 0.215 e. The molecule has 6 heteroatoms. The molecule has 1 aromatic rings. The Morgan fingerprint density at radius 3 is 2.07 bits per heavy atom. The molecule has 0 saturated heterocycles. The van der Waals surface area contributed by atoms with Crippen molar-refractivity contribution < 1.29 is 22.1 Å². The molecule has 0 saturated carbocycles. The van der Waals surface area contributed by atoms with Crippen molar-refractivity contribution in [2.75, 3.05) is 0 Å². The number of hydrogen-bond donors (Lipinski definition) is 1. The highest BCUT2D eigenvalue weighted by molar-refractivity contribution is 7.79. The molecule has 1 heterocycles. The molecular formula is C8H13NO4S. The van der Waals surface area contributed by atoms with E-state index in [9.17, 15) is 0 Å². The minimum Gasteiger partial charge on any atom is -0.726 e. The summed E-state index contributed by atoms with van der Waals surface area (Å²) < 4.78 is 35.0.